The first-order valence-electron chi connectivity index (χ1n) is 15.9. The molecule has 0 bridgehead atoms. The Morgan fingerprint density at radius 1 is 0.383 bits per heavy atom. The van der Waals surface area contributed by atoms with Crippen LogP contribution in [0.15, 0.2) is 152 Å². The van der Waals surface area contributed by atoms with E-state index in [0.29, 0.717) is 0 Å². The fourth-order valence-electron chi connectivity index (χ4n) is 7.98. The highest BCUT2D eigenvalue weighted by molar-refractivity contribution is 6.33. The van der Waals surface area contributed by atoms with Gasteiger partial charge < -0.3 is 9.13 Å². The molecule has 0 unspecified atom stereocenters. The van der Waals surface area contributed by atoms with Crippen LogP contribution in [0.4, 0.5) is 0 Å². The smallest absolute Gasteiger partial charge is 0.148 e. The first-order valence-corrected chi connectivity index (χ1v) is 15.9. The third-order valence-electron chi connectivity index (χ3n) is 9.83. The molecule has 5 heterocycles. The van der Waals surface area contributed by atoms with E-state index in [2.05, 4.69) is 153 Å². The number of para-hydroxylation sites is 5. The van der Waals surface area contributed by atoms with Gasteiger partial charge in [-0.3, -0.25) is 4.40 Å². The van der Waals surface area contributed by atoms with Crippen LogP contribution in [0.2, 0.25) is 0 Å². The van der Waals surface area contributed by atoms with E-state index in [4.69, 9.17) is 9.97 Å². The summed E-state index contributed by atoms with van der Waals surface area (Å²) in [6.07, 6.45) is 1.88. The van der Waals surface area contributed by atoms with E-state index in [9.17, 15) is 0 Å². The van der Waals surface area contributed by atoms with E-state index in [1.165, 1.54) is 38.1 Å². The lowest BCUT2D eigenvalue weighted by molar-refractivity contribution is 1.15. The maximum absolute atomic E-state index is 5.30. The molecule has 11 aromatic rings. The van der Waals surface area contributed by atoms with Gasteiger partial charge in [0.2, 0.25) is 0 Å². The molecule has 0 saturated carbocycles. The van der Waals surface area contributed by atoms with Gasteiger partial charge in [0, 0.05) is 49.9 Å². The van der Waals surface area contributed by atoms with Crippen LogP contribution in [-0.2, 0) is 0 Å². The van der Waals surface area contributed by atoms with Crippen molar-refractivity contribution in [2.75, 3.05) is 0 Å². The normalized spacial score (nSPS) is 12.3. The van der Waals surface area contributed by atoms with Gasteiger partial charge >= 0.3 is 0 Å². The molecule has 11 rings (SSSR count). The first kappa shape index (κ1) is 24.8. The zero-order valence-electron chi connectivity index (χ0n) is 25.2. The van der Waals surface area contributed by atoms with Gasteiger partial charge in [-0.25, -0.2) is 9.97 Å². The number of aromatic nitrogens is 5. The fourth-order valence-corrected chi connectivity index (χ4v) is 7.98. The van der Waals surface area contributed by atoms with E-state index >= 15 is 0 Å². The second kappa shape index (κ2) is 9.05. The van der Waals surface area contributed by atoms with E-state index < -0.39 is 0 Å². The maximum Gasteiger partial charge on any atom is 0.148 e. The fraction of sp³-hybridized carbons (Fsp3) is 0. The van der Waals surface area contributed by atoms with Gasteiger partial charge in [0.15, 0.2) is 0 Å². The highest BCUT2D eigenvalue weighted by atomic mass is 15.1. The number of fused-ring (bicyclic) bond motifs is 16. The molecule has 5 aromatic heterocycles. The third kappa shape index (κ3) is 3.17. The summed E-state index contributed by atoms with van der Waals surface area (Å²) in [6.45, 7) is 0. The Morgan fingerprint density at radius 2 is 1.00 bits per heavy atom. The minimum absolute atomic E-state index is 0.918. The van der Waals surface area contributed by atoms with Crippen LogP contribution in [-0.4, -0.2) is 23.5 Å². The number of hydrogen-bond acceptors (Lipinski definition) is 2. The van der Waals surface area contributed by atoms with Crippen molar-refractivity contribution in [1.29, 1.82) is 0 Å². The molecule has 0 saturated heterocycles. The van der Waals surface area contributed by atoms with Gasteiger partial charge in [0.05, 0.1) is 33.1 Å². The highest BCUT2D eigenvalue weighted by Gasteiger charge is 2.24. The monoisotopic (exact) mass is 599 g/mol. The number of benzene rings is 6. The lowest BCUT2D eigenvalue weighted by Crippen LogP contribution is -1.98. The molecule has 0 radical (unpaired) electrons. The third-order valence-corrected chi connectivity index (χ3v) is 9.83. The number of hydrogen-bond donors (Lipinski definition) is 0. The molecule has 0 fully saturated rings. The summed E-state index contributed by atoms with van der Waals surface area (Å²) in [4.78, 5) is 10.2. The van der Waals surface area contributed by atoms with Crippen LogP contribution in [0.25, 0.3) is 93.5 Å². The second-order valence-electron chi connectivity index (χ2n) is 12.2. The summed E-state index contributed by atoms with van der Waals surface area (Å²) < 4.78 is 7.14. The average Bonchev–Trinajstić information content (AvgIpc) is 3.80. The van der Waals surface area contributed by atoms with Crippen molar-refractivity contribution in [2.45, 2.75) is 0 Å². The minimum Gasteiger partial charge on any atom is -0.307 e. The summed E-state index contributed by atoms with van der Waals surface area (Å²) in [5.41, 5.74) is 10.8. The van der Waals surface area contributed by atoms with Crippen molar-refractivity contribution >= 4 is 82.1 Å². The average molecular weight is 600 g/mol. The van der Waals surface area contributed by atoms with E-state index in [-0.39, 0.29) is 0 Å². The standard InChI is InChI=1S/C42H25N5/c1-3-12-26(13-4-1)45-34-19-9-7-16-28(34)30-21-22-32-37-36(46(40(32)39(30)45)27-14-5-2-6-15-27)24-23-29-31-17-11-25-43-41(31)47-35-20-10-8-18-33(35)44-42(47)38(29)37/h1-25H. The molecule has 0 spiro atoms. The summed E-state index contributed by atoms with van der Waals surface area (Å²) in [7, 11) is 0. The molecule has 0 aliphatic rings. The van der Waals surface area contributed by atoms with Crippen molar-refractivity contribution in [1.82, 2.24) is 23.5 Å². The van der Waals surface area contributed by atoms with Crippen molar-refractivity contribution in [3.63, 3.8) is 0 Å². The lowest BCUT2D eigenvalue weighted by atomic mass is 10.0. The first-order chi connectivity index (χ1) is 23.4. The zero-order chi connectivity index (χ0) is 30.6. The van der Waals surface area contributed by atoms with Crippen molar-refractivity contribution in [3.8, 4) is 11.4 Å². The Labute approximate surface area is 268 Å². The summed E-state index contributed by atoms with van der Waals surface area (Å²) in [6, 6.07) is 52.0. The Bertz CT molecular complexity index is 3060. The molecule has 218 valence electrons. The van der Waals surface area contributed by atoms with Gasteiger partial charge in [-0.2, -0.15) is 0 Å². The topological polar surface area (TPSA) is 40.0 Å². The summed E-state index contributed by atoms with van der Waals surface area (Å²) in [5, 5.41) is 8.26. The molecule has 0 aliphatic carbocycles. The second-order valence-corrected chi connectivity index (χ2v) is 12.2. The van der Waals surface area contributed by atoms with Gasteiger partial charge in [0.1, 0.15) is 11.3 Å². The molecule has 5 heteroatoms. The van der Waals surface area contributed by atoms with Crippen molar-refractivity contribution < 1.29 is 0 Å². The van der Waals surface area contributed by atoms with Crippen LogP contribution in [0.1, 0.15) is 0 Å². The van der Waals surface area contributed by atoms with Crippen molar-refractivity contribution in [3.05, 3.63) is 152 Å². The van der Waals surface area contributed by atoms with E-state index in [1.54, 1.807) is 0 Å². The Hall–Kier alpha value is -6.46. The van der Waals surface area contributed by atoms with Crippen molar-refractivity contribution in [2.24, 2.45) is 0 Å². The predicted octanol–water partition coefficient (Wildman–Crippen LogP) is 10.4. The van der Waals surface area contributed by atoms with Crippen LogP contribution in [0.5, 0.6) is 0 Å². The molecule has 0 aliphatic heterocycles. The molecule has 5 nitrogen and oxygen atoms in total. The number of rotatable bonds is 2. The van der Waals surface area contributed by atoms with Crippen LogP contribution in [0.3, 0.4) is 0 Å². The van der Waals surface area contributed by atoms with Gasteiger partial charge in [-0.05, 0) is 66.0 Å². The Kier molecular flexibility index (Phi) is 4.78. The molecule has 47 heavy (non-hydrogen) atoms. The molecule has 0 N–H and O–H groups in total. The predicted molar refractivity (Wildman–Crippen MR) is 194 cm³/mol. The molecular formula is C42H25N5. The molecule has 0 atom stereocenters. The largest absolute Gasteiger partial charge is 0.307 e. The van der Waals surface area contributed by atoms with Crippen LogP contribution < -0.4 is 0 Å². The van der Waals surface area contributed by atoms with E-state index in [1.807, 2.05) is 12.3 Å². The van der Waals surface area contributed by atoms with E-state index in [0.717, 1.165) is 55.4 Å². The maximum atomic E-state index is 5.30. The van der Waals surface area contributed by atoms with Gasteiger partial charge in [-0.15, -0.1) is 0 Å². The number of nitrogens with zero attached hydrogens (tertiary/aromatic N) is 5. The van der Waals surface area contributed by atoms with Crippen LogP contribution in [0, 0.1) is 0 Å². The van der Waals surface area contributed by atoms with Gasteiger partial charge in [0.25, 0.3) is 0 Å². The minimum atomic E-state index is 0.918. The Balaban J connectivity index is 1.47. The zero-order valence-corrected chi connectivity index (χ0v) is 25.2. The summed E-state index contributed by atoms with van der Waals surface area (Å²) >= 11 is 0. The molecule has 6 aromatic carbocycles. The highest BCUT2D eigenvalue weighted by Crippen LogP contribution is 2.45. The lowest BCUT2D eigenvalue weighted by Gasteiger charge is -2.12. The van der Waals surface area contributed by atoms with Gasteiger partial charge in [-0.1, -0.05) is 84.9 Å². The number of pyridine rings is 2. The number of imidazole rings is 1. The Morgan fingerprint density at radius 3 is 1.81 bits per heavy atom. The summed E-state index contributed by atoms with van der Waals surface area (Å²) in [5.74, 6) is 0. The SMILES string of the molecule is c1ccc(-n2c3ccccc3c3ccc4c5c6c(ccc5n(-c5ccccc5)c4c32)c2cccnc2n2c3ccccc3nc62)cc1. The quantitative estimate of drug-likeness (QED) is 0.186. The molecular weight excluding hydrogens is 574 g/mol. The van der Waals surface area contributed by atoms with Crippen LogP contribution >= 0.6 is 0 Å². The molecule has 0 amide bonds.